The normalized spacial score (nSPS) is 17.7. The third-order valence-corrected chi connectivity index (χ3v) is 4.14. The summed E-state index contributed by atoms with van der Waals surface area (Å²) in [6.45, 7) is 0.561. The molecule has 0 fully saturated rings. The van der Waals surface area contributed by atoms with E-state index in [1.54, 1.807) is 11.3 Å². The van der Waals surface area contributed by atoms with E-state index >= 15 is 0 Å². The minimum atomic E-state index is 0.507. The number of aryl methyl sites for hydroxylation is 1. The van der Waals surface area contributed by atoms with Gasteiger partial charge in [0, 0.05) is 17.6 Å². The molecule has 0 amide bonds. The van der Waals surface area contributed by atoms with Crippen molar-refractivity contribution in [2.75, 3.05) is 7.05 Å². The number of hydrogen-bond donors (Lipinski definition) is 1. The summed E-state index contributed by atoms with van der Waals surface area (Å²) in [7, 11) is 2.02. The maximum absolute atomic E-state index is 5.77. The Hall–Kier alpha value is -1.39. The van der Waals surface area contributed by atoms with Gasteiger partial charge in [-0.25, -0.2) is 4.98 Å². The monoisotopic (exact) mass is 260 g/mol. The van der Waals surface area contributed by atoms with Crippen LogP contribution in [0.15, 0.2) is 29.8 Å². The van der Waals surface area contributed by atoms with Crippen LogP contribution in [0.5, 0.6) is 5.75 Å². The van der Waals surface area contributed by atoms with Crippen LogP contribution in [0.2, 0.25) is 0 Å². The summed E-state index contributed by atoms with van der Waals surface area (Å²) in [5.41, 5.74) is 2.82. The first-order chi connectivity index (χ1) is 8.86. The molecule has 1 aromatic carbocycles. The molecule has 1 N–H and O–H groups in total. The fourth-order valence-electron chi connectivity index (χ4n) is 2.45. The maximum atomic E-state index is 5.77. The standard InChI is InChI=1S/C14H16N2OS/c1-15-13-5-2-10-8-11(3-4-12(10)13)17-9-14-16-6-7-18-14/h3-4,6-8,13,15H,2,5,9H2,1H3. The highest BCUT2D eigenvalue weighted by atomic mass is 32.1. The largest absolute Gasteiger partial charge is 0.486 e. The zero-order valence-corrected chi connectivity index (χ0v) is 11.2. The Balaban J connectivity index is 1.71. The van der Waals surface area contributed by atoms with E-state index < -0.39 is 0 Å². The lowest BCUT2D eigenvalue weighted by molar-refractivity contribution is 0.305. The van der Waals surface area contributed by atoms with E-state index in [1.165, 1.54) is 17.5 Å². The maximum Gasteiger partial charge on any atom is 0.140 e. The average molecular weight is 260 g/mol. The second-order valence-electron chi connectivity index (χ2n) is 4.46. The summed E-state index contributed by atoms with van der Waals surface area (Å²) in [4.78, 5) is 4.21. The van der Waals surface area contributed by atoms with Gasteiger partial charge in [-0.15, -0.1) is 11.3 Å². The molecule has 1 unspecified atom stereocenters. The molecule has 94 valence electrons. The molecule has 1 aromatic heterocycles. The Labute approximate surface area is 111 Å². The second kappa shape index (κ2) is 5.08. The minimum Gasteiger partial charge on any atom is -0.486 e. The first-order valence-corrected chi connectivity index (χ1v) is 7.06. The van der Waals surface area contributed by atoms with E-state index in [-0.39, 0.29) is 0 Å². The predicted molar refractivity (Wildman–Crippen MR) is 73.0 cm³/mol. The van der Waals surface area contributed by atoms with Crippen LogP contribution in [-0.2, 0) is 13.0 Å². The van der Waals surface area contributed by atoms with E-state index in [4.69, 9.17) is 4.74 Å². The van der Waals surface area contributed by atoms with Gasteiger partial charge in [-0.2, -0.15) is 0 Å². The molecule has 1 heterocycles. The summed E-state index contributed by atoms with van der Waals surface area (Å²) >= 11 is 1.63. The molecule has 0 spiro atoms. The molecular weight excluding hydrogens is 244 g/mol. The van der Waals surface area contributed by atoms with Crippen LogP contribution in [-0.4, -0.2) is 12.0 Å². The summed E-state index contributed by atoms with van der Waals surface area (Å²) in [6, 6.07) is 6.91. The van der Waals surface area contributed by atoms with Crippen molar-refractivity contribution < 1.29 is 4.74 Å². The summed E-state index contributed by atoms with van der Waals surface area (Å²) < 4.78 is 5.77. The van der Waals surface area contributed by atoms with Crippen molar-refractivity contribution in [1.29, 1.82) is 0 Å². The molecule has 2 aromatic rings. The SMILES string of the molecule is CNC1CCc2cc(OCc3nccs3)ccc21. The Morgan fingerprint density at radius 2 is 2.44 bits per heavy atom. The predicted octanol–water partition coefficient (Wildman–Crippen LogP) is 2.93. The molecule has 0 radical (unpaired) electrons. The van der Waals surface area contributed by atoms with Crippen LogP contribution in [0.25, 0.3) is 0 Å². The lowest BCUT2D eigenvalue weighted by atomic mass is 10.1. The summed E-state index contributed by atoms with van der Waals surface area (Å²) in [5.74, 6) is 0.945. The second-order valence-corrected chi connectivity index (χ2v) is 5.43. The average Bonchev–Trinajstić information content (AvgIpc) is 3.05. The zero-order chi connectivity index (χ0) is 12.4. The molecule has 1 atom stereocenters. The molecule has 0 saturated heterocycles. The molecule has 1 aliphatic rings. The van der Waals surface area contributed by atoms with Crippen molar-refractivity contribution in [2.45, 2.75) is 25.5 Å². The molecule has 0 aliphatic heterocycles. The van der Waals surface area contributed by atoms with Crippen molar-refractivity contribution in [3.63, 3.8) is 0 Å². The molecule has 1 aliphatic carbocycles. The van der Waals surface area contributed by atoms with Crippen LogP contribution in [0.4, 0.5) is 0 Å². The fourth-order valence-corrected chi connectivity index (χ4v) is 2.98. The molecule has 4 heteroatoms. The van der Waals surface area contributed by atoms with Gasteiger partial charge in [0.05, 0.1) is 0 Å². The van der Waals surface area contributed by atoms with Gasteiger partial charge in [-0.3, -0.25) is 0 Å². The number of hydrogen-bond acceptors (Lipinski definition) is 4. The number of thiazole rings is 1. The highest BCUT2D eigenvalue weighted by Gasteiger charge is 2.20. The van der Waals surface area contributed by atoms with Crippen LogP contribution < -0.4 is 10.1 Å². The van der Waals surface area contributed by atoms with Gasteiger partial charge in [0.15, 0.2) is 0 Å². The topological polar surface area (TPSA) is 34.1 Å². The van der Waals surface area contributed by atoms with Crippen molar-refractivity contribution in [3.05, 3.63) is 45.9 Å². The van der Waals surface area contributed by atoms with E-state index in [9.17, 15) is 0 Å². The third kappa shape index (κ3) is 2.26. The Morgan fingerprint density at radius 3 is 3.22 bits per heavy atom. The lowest BCUT2D eigenvalue weighted by Crippen LogP contribution is -2.12. The minimum absolute atomic E-state index is 0.507. The molecule has 3 rings (SSSR count). The van der Waals surface area contributed by atoms with Gasteiger partial charge in [-0.1, -0.05) is 6.07 Å². The smallest absolute Gasteiger partial charge is 0.140 e. The number of nitrogens with one attached hydrogen (secondary N) is 1. The molecule has 18 heavy (non-hydrogen) atoms. The van der Waals surface area contributed by atoms with Gasteiger partial charge >= 0.3 is 0 Å². The van der Waals surface area contributed by atoms with Crippen LogP contribution in [0.3, 0.4) is 0 Å². The number of aromatic nitrogens is 1. The number of fused-ring (bicyclic) bond motifs is 1. The first-order valence-electron chi connectivity index (χ1n) is 6.18. The highest BCUT2D eigenvalue weighted by Crippen LogP contribution is 2.33. The van der Waals surface area contributed by atoms with E-state index in [0.717, 1.165) is 17.2 Å². The van der Waals surface area contributed by atoms with Crippen molar-refractivity contribution >= 4 is 11.3 Å². The van der Waals surface area contributed by atoms with Crippen LogP contribution in [0, 0.1) is 0 Å². The highest BCUT2D eigenvalue weighted by molar-refractivity contribution is 7.09. The Bertz CT molecular complexity index is 525. The Kier molecular flexibility index (Phi) is 3.30. The lowest BCUT2D eigenvalue weighted by Gasteiger charge is -2.11. The summed E-state index contributed by atoms with van der Waals surface area (Å²) in [6.07, 6.45) is 4.13. The van der Waals surface area contributed by atoms with Gasteiger partial charge in [0.2, 0.25) is 0 Å². The fraction of sp³-hybridized carbons (Fsp3) is 0.357. The molecular formula is C14H16N2OS. The number of nitrogens with zero attached hydrogens (tertiary/aromatic N) is 1. The van der Waals surface area contributed by atoms with Crippen molar-refractivity contribution in [3.8, 4) is 5.75 Å². The van der Waals surface area contributed by atoms with Crippen molar-refractivity contribution in [2.24, 2.45) is 0 Å². The van der Waals surface area contributed by atoms with Gasteiger partial charge in [-0.05, 0) is 43.1 Å². The van der Waals surface area contributed by atoms with Crippen molar-refractivity contribution in [1.82, 2.24) is 10.3 Å². The Morgan fingerprint density at radius 1 is 1.50 bits per heavy atom. The van der Waals surface area contributed by atoms with E-state index in [2.05, 4.69) is 28.5 Å². The van der Waals surface area contributed by atoms with E-state index in [0.29, 0.717) is 12.6 Å². The van der Waals surface area contributed by atoms with E-state index in [1.807, 2.05) is 18.6 Å². The molecule has 0 saturated carbocycles. The number of benzene rings is 1. The number of ether oxygens (including phenoxy) is 1. The zero-order valence-electron chi connectivity index (χ0n) is 10.3. The number of rotatable bonds is 4. The molecule has 0 bridgehead atoms. The third-order valence-electron chi connectivity index (χ3n) is 3.39. The van der Waals surface area contributed by atoms with Crippen LogP contribution >= 0.6 is 11.3 Å². The molecule has 3 nitrogen and oxygen atoms in total. The quantitative estimate of drug-likeness (QED) is 0.917. The van der Waals surface area contributed by atoms with Crippen LogP contribution in [0.1, 0.15) is 28.6 Å². The first kappa shape index (κ1) is 11.7. The van der Waals surface area contributed by atoms with Gasteiger partial charge in [0.1, 0.15) is 17.4 Å². The van der Waals surface area contributed by atoms with Gasteiger partial charge in [0.25, 0.3) is 0 Å². The van der Waals surface area contributed by atoms with Gasteiger partial charge < -0.3 is 10.1 Å². The summed E-state index contributed by atoms with van der Waals surface area (Å²) in [5, 5.41) is 6.33.